The summed E-state index contributed by atoms with van der Waals surface area (Å²) in [6, 6.07) is 9.89. The molecule has 0 unspecified atom stereocenters. The van der Waals surface area contributed by atoms with Gasteiger partial charge in [-0.3, -0.25) is 9.36 Å². The number of methoxy groups -OCH3 is 1. The van der Waals surface area contributed by atoms with Crippen molar-refractivity contribution < 1.29 is 18.3 Å². The van der Waals surface area contributed by atoms with E-state index in [1.54, 1.807) is 31.4 Å². The molecule has 0 fully saturated rings. The maximum absolute atomic E-state index is 14.7. The SMILES string of the molecule is COc1ccc(Cn2c(=O)oc3ccc(CC(N)=O)c(F)c32)cc1. The number of hydrogen-bond acceptors (Lipinski definition) is 4. The van der Waals surface area contributed by atoms with Gasteiger partial charge in [-0.25, -0.2) is 9.18 Å². The highest BCUT2D eigenvalue weighted by atomic mass is 19.1. The Morgan fingerprint density at radius 2 is 1.96 bits per heavy atom. The number of carbonyl (C=O) groups is 1. The van der Waals surface area contributed by atoms with E-state index in [1.165, 1.54) is 16.7 Å². The molecule has 0 aliphatic carbocycles. The summed E-state index contributed by atoms with van der Waals surface area (Å²) in [6.07, 6.45) is -0.246. The fourth-order valence-corrected chi connectivity index (χ4v) is 2.54. The van der Waals surface area contributed by atoms with Crippen LogP contribution in [0.3, 0.4) is 0 Å². The summed E-state index contributed by atoms with van der Waals surface area (Å²) in [7, 11) is 1.55. The topological polar surface area (TPSA) is 87.5 Å². The average molecular weight is 330 g/mol. The predicted octanol–water partition coefficient (Wildman–Crippen LogP) is 1.82. The predicted molar refractivity (Wildman–Crippen MR) is 85.4 cm³/mol. The zero-order valence-electron chi connectivity index (χ0n) is 12.9. The minimum Gasteiger partial charge on any atom is -0.497 e. The normalized spacial score (nSPS) is 10.9. The minimum atomic E-state index is -0.675. The summed E-state index contributed by atoms with van der Waals surface area (Å²) >= 11 is 0. The van der Waals surface area contributed by atoms with E-state index < -0.39 is 17.5 Å². The molecule has 0 aliphatic heterocycles. The highest BCUT2D eigenvalue weighted by Gasteiger charge is 2.18. The van der Waals surface area contributed by atoms with E-state index in [9.17, 15) is 14.0 Å². The molecule has 3 aromatic rings. The van der Waals surface area contributed by atoms with E-state index >= 15 is 0 Å². The van der Waals surface area contributed by atoms with Crippen LogP contribution in [0, 0.1) is 5.82 Å². The van der Waals surface area contributed by atoms with Gasteiger partial charge in [0.2, 0.25) is 5.91 Å². The lowest BCUT2D eigenvalue weighted by Crippen LogP contribution is -2.17. The van der Waals surface area contributed by atoms with Crippen molar-refractivity contribution in [3.63, 3.8) is 0 Å². The molecule has 2 N–H and O–H groups in total. The molecule has 0 bridgehead atoms. The van der Waals surface area contributed by atoms with Gasteiger partial charge in [-0.05, 0) is 29.3 Å². The van der Waals surface area contributed by atoms with Crippen LogP contribution in [0.4, 0.5) is 4.39 Å². The second kappa shape index (κ2) is 6.19. The molecule has 24 heavy (non-hydrogen) atoms. The zero-order valence-corrected chi connectivity index (χ0v) is 12.9. The van der Waals surface area contributed by atoms with Crippen LogP contribution < -0.4 is 16.2 Å². The van der Waals surface area contributed by atoms with Crippen LogP contribution in [-0.2, 0) is 17.8 Å². The third-order valence-corrected chi connectivity index (χ3v) is 3.71. The van der Waals surface area contributed by atoms with E-state index in [1.807, 2.05) is 0 Å². The summed E-state index contributed by atoms with van der Waals surface area (Å²) in [5, 5.41) is 0. The molecule has 0 atom stereocenters. The molecular weight excluding hydrogens is 315 g/mol. The largest absolute Gasteiger partial charge is 0.497 e. The number of fused-ring (bicyclic) bond motifs is 1. The number of ether oxygens (including phenoxy) is 1. The molecule has 3 rings (SSSR count). The van der Waals surface area contributed by atoms with Crippen LogP contribution in [0.15, 0.2) is 45.6 Å². The molecule has 124 valence electrons. The van der Waals surface area contributed by atoms with Crippen molar-refractivity contribution in [3.8, 4) is 5.75 Å². The van der Waals surface area contributed by atoms with Crippen molar-refractivity contribution in [3.05, 3.63) is 63.9 Å². The van der Waals surface area contributed by atoms with Crippen LogP contribution in [0.5, 0.6) is 5.75 Å². The fourth-order valence-electron chi connectivity index (χ4n) is 2.54. The first-order chi connectivity index (χ1) is 11.5. The van der Waals surface area contributed by atoms with E-state index in [0.29, 0.717) is 5.75 Å². The first-order valence-electron chi connectivity index (χ1n) is 7.21. The van der Waals surface area contributed by atoms with Crippen LogP contribution in [0.2, 0.25) is 0 Å². The van der Waals surface area contributed by atoms with Gasteiger partial charge in [0.25, 0.3) is 0 Å². The van der Waals surface area contributed by atoms with E-state index in [-0.39, 0.29) is 29.6 Å². The molecule has 0 radical (unpaired) electrons. The van der Waals surface area contributed by atoms with Gasteiger partial charge in [-0.15, -0.1) is 0 Å². The highest BCUT2D eigenvalue weighted by molar-refractivity contribution is 5.80. The number of rotatable bonds is 5. The van der Waals surface area contributed by atoms with Gasteiger partial charge in [0.1, 0.15) is 11.3 Å². The molecule has 0 aliphatic rings. The second-order valence-corrected chi connectivity index (χ2v) is 5.33. The smallest absolute Gasteiger partial charge is 0.420 e. The van der Waals surface area contributed by atoms with Crippen LogP contribution in [0.1, 0.15) is 11.1 Å². The quantitative estimate of drug-likeness (QED) is 0.773. The first-order valence-corrected chi connectivity index (χ1v) is 7.21. The molecule has 1 heterocycles. The number of amides is 1. The summed E-state index contributed by atoms with van der Waals surface area (Å²) in [6.45, 7) is 0.132. The third kappa shape index (κ3) is 2.88. The number of nitrogens with two attached hydrogens (primary N) is 1. The summed E-state index contributed by atoms with van der Waals surface area (Å²) in [4.78, 5) is 23.1. The van der Waals surface area contributed by atoms with Crippen LogP contribution in [-0.4, -0.2) is 17.6 Å². The van der Waals surface area contributed by atoms with Gasteiger partial charge in [0, 0.05) is 0 Å². The number of aromatic nitrogens is 1. The molecule has 0 saturated heterocycles. The van der Waals surface area contributed by atoms with Crippen molar-refractivity contribution in [2.75, 3.05) is 7.11 Å². The van der Waals surface area contributed by atoms with E-state index in [4.69, 9.17) is 14.9 Å². The van der Waals surface area contributed by atoms with Crippen molar-refractivity contribution in [1.29, 1.82) is 0 Å². The lowest BCUT2D eigenvalue weighted by Gasteiger charge is -2.06. The van der Waals surface area contributed by atoms with Gasteiger partial charge in [-0.1, -0.05) is 18.2 Å². The fraction of sp³-hybridized carbons (Fsp3) is 0.176. The molecular formula is C17H15FN2O4. The van der Waals surface area contributed by atoms with Gasteiger partial charge in [-0.2, -0.15) is 0 Å². The van der Waals surface area contributed by atoms with Crippen molar-refractivity contribution in [2.24, 2.45) is 5.73 Å². The van der Waals surface area contributed by atoms with E-state index in [0.717, 1.165) is 5.56 Å². The maximum Gasteiger partial charge on any atom is 0.420 e. The zero-order chi connectivity index (χ0) is 17.3. The molecule has 1 aromatic heterocycles. The Labute approximate surface area is 136 Å². The van der Waals surface area contributed by atoms with Crippen molar-refractivity contribution >= 4 is 17.0 Å². The number of benzene rings is 2. The Morgan fingerprint density at radius 3 is 2.58 bits per heavy atom. The summed E-state index contributed by atoms with van der Waals surface area (Å²) in [5.41, 5.74) is 6.17. The number of primary amides is 1. The number of hydrogen-bond donors (Lipinski definition) is 1. The average Bonchev–Trinajstić information content (AvgIpc) is 2.87. The standard InChI is InChI=1S/C17H15FN2O4/c1-23-12-5-2-10(3-6-12)9-20-16-13(24-17(20)22)7-4-11(15(16)18)8-14(19)21/h2-7H,8-9H2,1H3,(H2,19,21). The summed E-state index contributed by atoms with van der Waals surface area (Å²) in [5.74, 6) is -1.32. The number of oxazole rings is 1. The maximum atomic E-state index is 14.7. The van der Waals surface area contributed by atoms with Crippen molar-refractivity contribution in [1.82, 2.24) is 4.57 Å². The van der Waals surface area contributed by atoms with Gasteiger partial charge in [0.05, 0.1) is 20.1 Å². The monoisotopic (exact) mass is 330 g/mol. The Balaban J connectivity index is 2.07. The van der Waals surface area contributed by atoms with Crippen molar-refractivity contribution in [2.45, 2.75) is 13.0 Å². The Hall–Kier alpha value is -3.09. The molecule has 7 heteroatoms. The Bertz CT molecular complexity index is 957. The second-order valence-electron chi connectivity index (χ2n) is 5.33. The molecule has 6 nitrogen and oxygen atoms in total. The first kappa shape index (κ1) is 15.8. The number of carbonyl (C=O) groups excluding carboxylic acids is 1. The lowest BCUT2D eigenvalue weighted by molar-refractivity contribution is -0.117. The molecule has 0 saturated carbocycles. The summed E-state index contributed by atoms with van der Waals surface area (Å²) < 4.78 is 26.0. The Kier molecular flexibility index (Phi) is 4.07. The van der Waals surface area contributed by atoms with Gasteiger partial charge < -0.3 is 14.9 Å². The lowest BCUT2D eigenvalue weighted by atomic mass is 10.1. The number of nitrogens with zero attached hydrogens (tertiary/aromatic N) is 1. The van der Waals surface area contributed by atoms with E-state index in [2.05, 4.69) is 0 Å². The minimum absolute atomic E-state index is 0.0227. The molecule has 2 aromatic carbocycles. The molecule has 0 spiro atoms. The highest BCUT2D eigenvalue weighted by Crippen LogP contribution is 2.22. The number of halogens is 1. The third-order valence-electron chi connectivity index (χ3n) is 3.71. The van der Waals surface area contributed by atoms with Gasteiger partial charge >= 0.3 is 5.76 Å². The molecule has 1 amide bonds. The van der Waals surface area contributed by atoms with Crippen LogP contribution in [0.25, 0.3) is 11.1 Å². The van der Waals surface area contributed by atoms with Crippen LogP contribution >= 0.6 is 0 Å². The van der Waals surface area contributed by atoms with Gasteiger partial charge in [0.15, 0.2) is 11.4 Å². The Morgan fingerprint density at radius 1 is 1.25 bits per heavy atom.